The van der Waals surface area contributed by atoms with Crippen molar-refractivity contribution in [1.82, 2.24) is 19.5 Å². The van der Waals surface area contributed by atoms with E-state index in [9.17, 15) is 9.59 Å². The number of esters is 1. The highest BCUT2D eigenvalue weighted by atomic mass is 16.5. The predicted molar refractivity (Wildman–Crippen MR) is 79.7 cm³/mol. The van der Waals surface area contributed by atoms with Crippen LogP contribution in [0.25, 0.3) is 0 Å². The van der Waals surface area contributed by atoms with Crippen LogP contribution in [0.2, 0.25) is 0 Å². The maximum absolute atomic E-state index is 11.6. The van der Waals surface area contributed by atoms with Gasteiger partial charge in [0, 0.05) is 31.5 Å². The predicted octanol–water partition coefficient (Wildman–Crippen LogP) is 0.631. The average Bonchev–Trinajstić information content (AvgIpc) is 2.49. The van der Waals surface area contributed by atoms with Gasteiger partial charge in [-0.1, -0.05) is 0 Å². The number of nitrogens with zero attached hydrogens (tertiary/aromatic N) is 4. The van der Waals surface area contributed by atoms with Crippen molar-refractivity contribution in [2.24, 2.45) is 0 Å². The molecule has 0 bridgehead atoms. The standard InChI is InChI=1S/C14H17N5O3/c1-3-22-13(21)11-8-17-14(18-10(11)2)16-6-7-19-9-15-5-4-12(19)20/h4-5,8-9H,3,6-7H2,1-2H3,(H,16,17,18). The zero-order valence-electron chi connectivity index (χ0n) is 12.4. The second-order valence-electron chi connectivity index (χ2n) is 4.45. The van der Waals surface area contributed by atoms with Gasteiger partial charge in [-0.15, -0.1) is 0 Å². The van der Waals surface area contributed by atoms with Crippen molar-refractivity contribution in [3.05, 3.63) is 46.4 Å². The fourth-order valence-corrected chi connectivity index (χ4v) is 1.80. The SMILES string of the molecule is CCOC(=O)c1cnc(NCCn2cnccc2=O)nc1C. The Morgan fingerprint density at radius 2 is 2.27 bits per heavy atom. The molecule has 0 aromatic carbocycles. The quantitative estimate of drug-likeness (QED) is 0.781. The van der Waals surface area contributed by atoms with Gasteiger partial charge >= 0.3 is 5.97 Å². The number of rotatable bonds is 6. The number of carbonyl (C=O) groups is 1. The van der Waals surface area contributed by atoms with Gasteiger partial charge in [-0.25, -0.2) is 19.7 Å². The average molecular weight is 303 g/mol. The van der Waals surface area contributed by atoms with Gasteiger partial charge in [0.1, 0.15) is 0 Å². The maximum atomic E-state index is 11.6. The molecule has 0 aliphatic rings. The van der Waals surface area contributed by atoms with E-state index in [0.717, 1.165) is 0 Å². The van der Waals surface area contributed by atoms with Crippen molar-refractivity contribution in [3.63, 3.8) is 0 Å². The van der Waals surface area contributed by atoms with E-state index in [1.165, 1.54) is 29.4 Å². The third-order valence-electron chi connectivity index (χ3n) is 2.90. The van der Waals surface area contributed by atoms with Gasteiger partial charge in [-0.3, -0.25) is 9.36 Å². The van der Waals surface area contributed by atoms with Gasteiger partial charge in [0.15, 0.2) is 0 Å². The van der Waals surface area contributed by atoms with Crippen LogP contribution in [0, 0.1) is 6.92 Å². The van der Waals surface area contributed by atoms with Gasteiger partial charge in [0.2, 0.25) is 5.95 Å². The van der Waals surface area contributed by atoms with Crippen LogP contribution in [0.1, 0.15) is 23.0 Å². The van der Waals surface area contributed by atoms with Gasteiger partial charge < -0.3 is 10.1 Å². The summed E-state index contributed by atoms with van der Waals surface area (Å²) < 4.78 is 6.40. The molecule has 116 valence electrons. The minimum absolute atomic E-state index is 0.119. The van der Waals surface area contributed by atoms with Gasteiger partial charge in [0.25, 0.3) is 5.56 Å². The first kappa shape index (κ1) is 15.6. The van der Waals surface area contributed by atoms with Crippen LogP contribution in [-0.4, -0.2) is 38.6 Å². The minimum atomic E-state index is -0.437. The molecule has 0 amide bonds. The lowest BCUT2D eigenvalue weighted by Gasteiger charge is -2.09. The number of aryl methyl sites for hydroxylation is 1. The van der Waals surface area contributed by atoms with Crippen molar-refractivity contribution in [3.8, 4) is 0 Å². The molecule has 2 aromatic heterocycles. The summed E-state index contributed by atoms with van der Waals surface area (Å²) in [6, 6.07) is 1.40. The Bertz CT molecular complexity index is 714. The highest BCUT2D eigenvalue weighted by Crippen LogP contribution is 2.08. The van der Waals surface area contributed by atoms with E-state index in [1.54, 1.807) is 13.8 Å². The second kappa shape index (κ2) is 7.30. The number of anilines is 1. The van der Waals surface area contributed by atoms with E-state index in [-0.39, 0.29) is 5.56 Å². The molecule has 8 nitrogen and oxygen atoms in total. The Kier molecular flexibility index (Phi) is 5.18. The van der Waals surface area contributed by atoms with Crippen molar-refractivity contribution in [2.75, 3.05) is 18.5 Å². The zero-order chi connectivity index (χ0) is 15.9. The maximum Gasteiger partial charge on any atom is 0.341 e. The molecule has 0 aliphatic carbocycles. The summed E-state index contributed by atoms with van der Waals surface area (Å²) in [5, 5.41) is 3.00. The number of carbonyl (C=O) groups excluding carboxylic acids is 1. The second-order valence-corrected chi connectivity index (χ2v) is 4.45. The molecule has 22 heavy (non-hydrogen) atoms. The lowest BCUT2D eigenvalue weighted by Crippen LogP contribution is -2.23. The van der Waals surface area contributed by atoms with Crippen LogP contribution >= 0.6 is 0 Å². The number of hydrogen-bond acceptors (Lipinski definition) is 7. The molecule has 2 aromatic rings. The monoisotopic (exact) mass is 303 g/mol. The molecule has 0 radical (unpaired) electrons. The molecule has 0 spiro atoms. The Hall–Kier alpha value is -2.77. The molecule has 1 N–H and O–H groups in total. The Balaban J connectivity index is 1.97. The van der Waals surface area contributed by atoms with Crippen LogP contribution in [0.15, 0.2) is 29.6 Å². The highest BCUT2D eigenvalue weighted by Gasteiger charge is 2.12. The van der Waals surface area contributed by atoms with E-state index in [2.05, 4.69) is 20.3 Å². The fraction of sp³-hybridized carbons (Fsp3) is 0.357. The summed E-state index contributed by atoms with van der Waals surface area (Å²) >= 11 is 0. The molecule has 0 fully saturated rings. The summed E-state index contributed by atoms with van der Waals surface area (Å²) in [5.74, 6) is -0.0454. The fourth-order valence-electron chi connectivity index (χ4n) is 1.80. The third kappa shape index (κ3) is 3.87. The lowest BCUT2D eigenvalue weighted by molar-refractivity contribution is 0.0524. The molecule has 2 rings (SSSR count). The molecule has 0 atom stereocenters. The summed E-state index contributed by atoms with van der Waals surface area (Å²) in [5.41, 5.74) is 0.761. The zero-order valence-corrected chi connectivity index (χ0v) is 12.4. The van der Waals surface area contributed by atoms with Crippen LogP contribution < -0.4 is 10.9 Å². The number of ether oxygens (including phenoxy) is 1. The van der Waals surface area contributed by atoms with Crippen LogP contribution in [0.4, 0.5) is 5.95 Å². The van der Waals surface area contributed by atoms with E-state index in [4.69, 9.17) is 4.74 Å². The molecular formula is C14H17N5O3. The summed E-state index contributed by atoms with van der Waals surface area (Å²) in [6.07, 6.45) is 4.35. The molecule has 2 heterocycles. The smallest absolute Gasteiger partial charge is 0.341 e. The molecule has 0 saturated heterocycles. The Morgan fingerprint density at radius 3 is 2.95 bits per heavy atom. The van der Waals surface area contributed by atoms with E-state index < -0.39 is 5.97 Å². The summed E-state index contributed by atoms with van der Waals surface area (Å²) in [7, 11) is 0. The molecular weight excluding hydrogens is 286 g/mol. The number of aromatic nitrogens is 4. The Labute approximate surface area is 127 Å². The van der Waals surface area contributed by atoms with Crippen LogP contribution in [0.5, 0.6) is 0 Å². The number of nitrogens with one attached hydrogen (secondary N) is 1. The highest BCUT2D eigenvalue weighted by molar-refractivity contribution is 5.90. The van der Waals surface area contributed by atoms with E-state index in [1.807, 2.05) is 0 Å². The molecule has 0 unspecified atom stereocenters. The first-order valence-corrected chi connectivity index (χ1v) is 6.87. The first-order chi connectivity index (χ1) is 10.6. The van der Waals surface area contributed by atoms with E-state index >= 15 is 0 Å². The van der Waals surface area contributed by atoms with E-state index in [0.29, 0.717) is 36.9 Å². The summed E-state index contributed by atoms with van der Waals surface area (Å²) in [4.78, 5) is 35.3. The Morgan fingerprint density at radius 1 is 1.45 bits per heavy atom. The minimum Gasteiger partial charge on any atom is -0.462 e. The summed E-state index contributed by atoms with van der Waals surface area (Å²) in [6.45, 7) is 4.66. The molecule has 8 heteroatoms. The topological polar surface area (TPSA) is 99.0 Å². The molecule has 0 aliphatic heterocycles. The largest absolute Gasteiger partial charge is 0.462 e. The van der Waals surface area contributed by atoms with Crippen molar-refractivity contribution in [2.45, 2.75) is 20.4 Å². The van der Waals surface area contributed by atoms with Crippen molar-refractivity contribution < 1.29 is 9.53 Å². The van der Waals surface area contributed by atoms with Crippen molar-refractivity contribution >= 4 is 11.9 Å². The van der Waals surface area contributed by atoms with Crippen LogP contribution in [-0.2, 0) is 11.3 Å². The van der Waals surface area contributed by atoms with Gasteiger partial charge in [-0.2, -0.15) is 0 Å². The molecule has 0 saturated carbocycles. The third-order valence-corrected chi connectivity index (χ3v) is 2.90. The normalized spacial score (nSPS) is 10.3. The van der Waals surface area contributed by atoms with Crippen molar-refractivity contribution in [1.29, 1.82) is 0 Å². The first-order valence-electron chi connectivity index (χ1n) is 6.87. The van der Waals surface area contributed by atoms with Crippen LogP contribution in [0.3, 0.4) is 0 Å². The van der Waals surface area contributed by atoms with Gasteiger partial charge in [0.05, 0.1) is 24.2 Å². The number of hydrogen-bond donors (Lipinski definition) is 1. The van der Waals surface area contributed by atoms with Gasteiger partial charge in [-0.05, 0) is 13.8 Å². The lowest BCUT2D eigenvalue weighted by atomic mass is 10.2.